The lowest BCUT2D eigenvalue weighted by Crippen LogP contribution is -2.37. The average molecular weight is 183 g/mol. The van der Waals surface area contributed by atoms with Crippen molar-refractivity contribution in [1.82, 2.24) is 5.32 Å². The molecular formula is C10H17NS. The minimum atomic E-state index is 0.279. The maximum absolute atomic E-state index is 5.38. The van der Waals surface area contributed by atoms with E-state index in [0.717, 1.165) is 11.7 Å². The number of nitrogens with one attached hydrogen (secondary N) is 1. The molecule has 2 heteroatoms. The molecule has 1 heterocycles. The second-order valence-electron chi connectivity index (χ2n) is 3.37. The lowest BCUT2D eigenvalue weighted by atomic mass is 10.1. The van der Waals surface area contributed by atoms with Crippen molar-refractivity contribution in [2.45, 2.75) is 44.0 Å². The summed E-state index contributed by atoms with van der Waals surface area (Å²) in [6.07, 6.45) is 7.68. The summed E-state index contributed by atoms with van der Waals surface area (Å²) >= 11 is 2.04. The van der Waals surface area contributed by atoms with Gasteiger partial charge in [-0.15, -0.1) is 6.42 Å². The molecule has 1 aliphatic rings. The summed E-state index contributed by atoms with van der Waals surface area (Å²) < 4.78 is 0. The first kappa shape index (κ1) is 9.95. The Kier molecular flexibility index (Phi) is 3.97. The van der Waals surface area contributed by atoms with E-state index in [0.29, 0.717) is 6.04 Å². The standard InChI is InChI=1S/C10H17NS/c1-4-9(5-2)11-10-6-8(3)12-7-10/h1,8-11H,5-7H2,2-3H3. The van der Waals surface area contributed by atoms with Gasteiger partial charge in [-0.2, -0.15) is 11.8 Å². The van der Waals surface area contributed by atoms with Gasteiger partial charge in [-0.3, -0.25) is 0 Å². The van der Waals surface area contributed by atoms with Gasteiger partial charge in [0, 0.05) is 17.0 Å². The summed E-state index contributed by atoms with van der Waals surface area (Å²) in [7, 11) is 0. The Morgan fingerprint density at radius 2 is 2.50 bits per heavy atom. The van der Waals surface area contributed by atoms with E-state index in [2.05, 4.69) is 25.1 Å². The van der Waals surface area contributed by atoms with Crippen LogP contribution in [0.3, 0.4) is 0 Å². The van der Waals surface area contributed by atoms with Gasteiger partial charge < -0.3 is 5.32 Å². The monoisotopic (exact) mass is 183 g/mol. The topological polar surface area (TPSA) is 12.0 Å². The van der Waals surface area contributed by atoms with E-state index in [4.69, 9.17) is 6.42 Å². The summed E-state index contributed by atoms with van der Waals surface area (Å²) in [5.41, 5.74) is 0. The van der Waals surface area contributed by atoms with Gasteiger partial charge in [-0.25, -0.2) is 0 Å². The lowest BCUT2D eigenvalue weighted by molar-refractivity contribution is 0.490. The summed E-state index contributed by atoms with van der Waals surface area (Å²) in [6.45, 7) is 4.41. The molecular weight excluding hydrogens is 166 g/mol. The highest BCUT2D eigenvalue weighted by atomic mass is 32.2. The van der Waals surface area contributed by atoms with Crippen molar-refractivity contribution in [3.8, 4) is 12.3 Å². The molecule has 1 aliphatic heterocycles. The highest BCUT2D eigenvalue weighted by molar-refractivity contribution is 8.00. The van der Waals surface area contributed by atoms with Gasteiger partial charge in [-0.05, 0) is 12.8 Å². The fourth-order valence-corrected chi connectivity index (χ4v) is 2.66. The Hall–Kier alpha value is -0.130. The van der Waals surface area contributed by atoms with E-state index in [1.54, 1.807) is 0 Å². The number of rotatable bonds is 3. The molecule has 0 aromatic carbocycles. The van der Waals surface area contributed by atoms with Crippen LogP contribution in [0.4, 0.5) is 0 Å². The predicted octanol–water partition coefficient (Wildman–Crippen LogP) is 1.88. The largest absolute Gasteiger partial charge is 0.300 e. The molecule has 3 unspecified atom stereocenters. The van der Waals surface area contributed by atoms with E-state index in [-0.39, 0.29) is 6.04 Å². The van der Waals surface area contributed by atoms with Gasteiger partial charge >= 0.3 is 0 Å². The average Bonchev–Trinajstić information content (AvgIpc) is 2.47. The first-order valence-corrected chi connectivity index (χ1v) is 5.65. The molecule has 0 radical (unpaired) electrons. The van der Waals surface area contributed by atoms with E-state index in [1.807, 2.05) is 11.8 Å². The Balaban J connectivity index is 2.27. The van der Waals surface area contributed by atoms with Crippen molar-refractivity contribution in [2.75, 3.05) is 5.75 Å². The zero-order valence-electron chi connectivity index (χ0n) is 7.84. The summed E-state index contributed by atoms with van der Waals surface area (Å²) in [5.74, 6) is 3.99. The third-order valence-corrected chi connectivity index (χ3v) is 3.60. The molecule has 0 aromatic rings. The smallest absolute Gasteiger partial charge is 0.0686 e. The minimum Gasteiger partial charge on any atom is -0.300 e. The fourth-order valence-electron chi connectivity index (χ4n) is 1.50. The molecule has 1 rings (SSSR count). The molecule has 3 atom stereocenters. The molecule has 0 spiro atoms. The van der Waals surface area contributed by atoms with Crippen LogP contribution in [0.5, 0.6) is 0 Å². The van der Waals surface area contributed by atoms with Crippen LogP contribution in [0.2, 0.25) is 0 Å². The van der Waals surface area contributed by atoms with Crippen LogP contribution in [0, 0.1) is 12.3 Å². The fraction of sp³-hybridized carbons (Fsp3) is 0.800. The Morgan fingerprint density at radius 3 is 2.92 bits per heavy atom. The molecule has 1 fully saturated rings. The molecule has 1 nitrogen and oxygen atoms in total. The van der Waals surface area contributed by atoms with Crippen molar-refractivity contribution in [3.05, 3.63) is 0 Å². The number of thioether (sulfide) groups is 1. The highest BCUT2D eigenvalue weighted by Crippen LogP contribution is 2.26. The van der Waals surface area contributed by atoms with Gasteiger partial charge in [0.05, 0.1) is 6.04 Å². The van der Waals surface area contributed by atoms with Gasteiger partial charge in [0.2, 0.25) is 0 Å². The van der Waals surface area contributed by atoms with Gasteiger partial charge in [0.15, 0.2) is 0 Å². The maximum Gasteiger partial charge on any atom is 0.0686 e. The molecule has 1 saturated heterocycles. The first-order valence-electron chi connectivity index (χ1n) is 4.60. The van der Waals surface area contributed by atoms with Crippen LogP contribution in [0.1, 0.15) is 26.7 Å². The normalized spacial score (nSPS) is 31.4. The molecule has 68 valence electrons. The van der Waals surface area contributed by atoms with E-state index >= 15 is 0 Å². The van der Waals surface area contributed by atoms with Crippen LogP contribution < -0.4 is 5.32 Å². The molecule has 12 heavy (non-hydrogen) atoms. The Labute approximate surface area is 79.7 Å². The molecule has 0 saturated carbocycles. The van der Waals surface area contributed by atoms with Crippen molar-refractivity contribution >= 4 is 11.8 Å². The van der Waals surface area contributed by atoms with E-state index in [1.165, 1.54) is 12.2 Å². The molecule has 0 aromatic heterocycles. The van der Waals surface area contributed by atoms with Crippen molar-refractivity contribution in [2.24, 2.45) is 0 Å². The second-order valence-corrected chi connectivity index (χ2v) is 4.84. The third kappa shape index (κ3) is 2.73. The number of hydrogen-bond donors (Lipinski definition) is 1. The molecule has 0 aliphatic carbocycles. The van der Waals surface area contributed by atoms with Crippen LogP contribution >= 0.6 is 11.8 Å². The van der Waals surface area contributed by atoms with Gasteiger partial charge in [0.25, 0.3) is 0 Å². The zero-order valence-corrected chi connectivity index (χ0v) is 8.66. The van der Waals surface area contributed by atoms with Crippen LogP contribution in [0.25, 0.3) is 0 Å². The van der Waals surface area contributed by atoms with Gasteiger partial charge in [0.1, 0.15) is 0 Å². The number of hydrogen-bond acceptors (Lipinski definition) is 2. The summed E-state index contributed by atoms with van der Waals surface area (Å²) in [5, 5.41) is 4.29. The van der Waals surface area contributed by atoms with Crippen LogP contribution in [-0.2, 0) is 0 Å². The zero-order chi connectivity index (χ0) is 8.97. The van der Waals surface area contributed by atoms with E-state index < -0.39 is 0 Å². The van der Waals surface area contributed by atoms with Gasteiger partial charge in [-0.1, -0.05) is 19.8 Å². The third-order valence-electron chi connectivity index (χ3n) is 2.24. The minimum absolute atomic E-state index is 0.279. The van der Waals surface area contributed by atoms with E-state index in [9.17, 15) is 0 Å². The molecule has 0 bridgehead atoms. The summed E-state index contributed by atoms with van der Waals surface area (Å²) in [4.78, 5) is 0. The second kappa shape index (κ2) is 4.79. The van der Waals surface area contributed by atoms with Crippen molar-refractivity contribution in [1.29, 1.82) is 0 Å². The van der Waals surface area contributed by atoms with Crippen LogP contribution in [-0.4, -0.2) is 23.1 Å². The number of terminal acetylenes is 1. The quantitative estimate of drug-likeness (QED) is 0.671. The Bertz CT molecular complexity index is 173. The Morgan fingerprint density at radius 1 is 1.75 bits per heavy atom. The van der Waals surface area contributed by atoms with Crippen molar-refractivity contribution in [3.63, 3.8) is 0 Å². The maximum atomic E-state index is 5.38. The molecule has 1 N–H and O–H groups in total. The summed E-state index contributed by atoms with van der Waals surface area (Å²) in [6, 6.07) is 0.923. The highest BCUT2D eigenvalue weighted by Gasteiger charge is 2.22. The lowest BCUT2D eigenvalue weighted by Gasteiger charge is -2.16. The SMILES string of the molecule is C#CC(CC)NC1CSC(C)C1. The van der Waals surface area contributed by atoms with Crippen LogP contribution in [0.15, 0.2) is 0 Å². The molecule has 0 amide bonds. The predicted molar refractivity (Wildman–Crippen MR) is 56.4 cm³/mol. The first-order chi connectivity index (χ1) is 5.76. The van der Waals surface area contributed by atoms with Crippen molar-refractivity contribution < 1.29 is 0 Å².